The van der Waals surface area contributed by atoms with E-state index in [1.807, 2.05) is 13.8 Å². The van der Waals surface area contributed by atoms with Gasteiger partial charge < -0.3 is 9.90 Å². The maximum atomic E-state index is 10.8. The van der Waals surface area contributed by atoms with Crippen molar-refractivity contribution in [2.24, 2.45) is 0 Å². The van der Waals surface area contributed by atoms with Gasteiger partial charge in [-0.1, -0.05) is 13.8 Å². The molecule has 1 rings (SSSR count). The van der Waals surface area contributed by atoms with Crippen molar-refractivity contribution in [2.45, 2.75) is 32.6 Å². The van der Waals surface area contributed by atoms with Crippen LogP contribution in [0.25, 0.3) is 0 Å². The van der Waals surface area contributed by atoms with Gasteiger partial charge in [0.15, 0.2) is 0 Å². The van der Waals surface area contributed by atoms with Gasteiger partial charge in [0.25, 0.3) is 0 Å². The van der Waals surface area contributed by atoms with E-state index in [-0.39, 0.29) is 11.5 Å². The highest BCUT2D eigenvalue weighted by molar-refractivity contribution is 5.86. The molecule has 0 bridgehead atoms. The average Bonchev–Trinajstić information content (AvgIpc) is 2.20. The molecule has 1 aromatic rings. The number of carboxylic acid groups (broad SMARTS) is 1. The van der Waals surface area contributed by atoms with Crippen LogP contribution in [-0.2, 0) is 0 Å². The van der Waals surface area contributed by atoms with E-state index in [2.05, 4.69) is 9.97 Å². The van der Waals surface area contributed by atoms with Gasteiger partial charge in [0.1, 0.15) is 6.33 Å². The molecule has 0 N–H and O–H groups in total. The number of carbonyl (C=O) groups is 1. The zero-order valence-corrected chi connectivity index (χ0v) is 8.36. The number of aromatic carboxylic acids is 1. The van der Waals surface area contributed by atoms with Crippen LogP contribution >= 0.6 is 0 Å². The van der Waals surface area contributed by atoms with E-state index in [0.717, 1.165) is 12.8 Å². The molecule has 0 aliphatic carbocycles. The second kappa shape index (κ2) is 4.69. The zero-order valence-electron chi connectivity index (χ0n) is 8.36. The fourth-order valence-electron chi connectivity index (χ4n) is 1.50. The van der Waals surface area contributed by atoms with Crippen molar-refractivity contribution in [2.75, 3.05) is 0 Å². The van der Waals surface area contributed by atoms with Crippen LogP contribution in [0.15, 0.2) is 12.5 Å². The smallest absolute Gasteiger partial charge is 0.115 e. The summed E-state index contributed by atoms with van der Waals surface area (Å²) in [5.74, 6) is -1.03. The highest BCUT2D eigenvalue weighted by Crippen LogP contribution is 2.22. The summed E-state index contributed by atoms with van der Waals surface area (Å²) in [6, 6.07) is 0. The molecule has 4 nitrogen and oxygen atoms in total. The van der Waals surface area contributed by atoms with Crippen LogP contribution in [0, 0.1) is 0 Å². The van der Waals surface area contributed by atoms with Crippen molar-refractivity contribution < 1.29 is 9.90 Å². The molecule has 0 aliphatic heterocycles. The predicted octanol–water partition coefficient (Wildman–Crippen LogP) is 0.744. The standard InChI is InChI=1S/C10H14N2O2/c1-3-7(4-2)9-8(10(13)14)5-11-6-12-9/h5-7H,3-4H2,1-2H3,(H,13,14)/p-1. The van der Waals surface area contributed by atoms with Gasteiger partial charge in [-0.2, -0.15) is 0 Å². The Balaban J connectivity index is 3.11. The predicted molar refractivity (Wildman–Crippen MR) is 49.7 cm³/mol. The lowest BCUT2D eigenvalue weighted by atomic mass is 9.96. The van der Waals surface area contributed by atoms with E-state index in [9.17, 15) is 9.90 Å². The number of hydrogen-bond acceptors (Lipinski definition) is 4. The van der Waals surface area contributed by atoms with Crippen LogP contribution < -0.4 is 5.11 Å². The fourth-order valence-corrected chi connectivity index (χ4v) is 1.50. The lowest BCUT2D eigenvalue weighted by Crippen LogP contribution is -2.25. The first-order valence-corrected chi connectivity index (χ1v) is 4.71. The Hall–Kier alpha value is -1.45. The second-order valence-corrected chi connectivity index (χ2v) is 3.12. The van der Waals surface area contributed by atoms with Crippen molar-refractivity contribution >= 4 is 5.97 Å². The minimum atomic E-state index is -1.20. The van der Waals surface area contributed by atoms with E-state index in [1.54, 1.807) is 0 Å². The van der Waals surface area contributed by atoms with Crippen LogP contribution in [0.4, 0.5) is 0 Å². The van der Waals surface area contributed by atoms with Crippen LogP contribution in [0.1, 0.15) is 48.7 Å². The Bertz CT molecular complexity index is 322. The highest BCUT2D eigenvalue weighted by atomic mass is 16.4. The number of rotatable bonds is 4. The Morgan fingerprint density at radius 1 is 1.50 bits per heavy atom. The number of nitrogens with zero attached hydrogens (tertiary/aromatic N) is 2. The minimum Gasteiger partial charge on any atom is -0.545 e. The Kier molecular flexibility index (Phi) is 3.56. The van der Waals surface area contributed by atoms with Crippen molar-refractivity contribution in [1.82, 2.24) is 9.97 Å². The molecule has 0 atom stereocenters. The molecule has 0 radical (unpaired) electrons. The Morgan fingerprint density at radius 2 is 2.14 bits per heavy atom. The van der Waals surface area contributed by atoms with E-state index in [1.165, 1.54) is 12.5 Å². The van der Waals surface area contributed by atoms with Crippen LogP contribution in [0.5, 0.6) is 0 Å². The highest BCUT2D eigenvalue weighted by Gasteiger charge is 2.13. The molecule has 0 saturated heterocycles. The van der Waals surface area contributed by atoms with Gasteiger partial charge in [-0.05, 0) is 12.8 Å². The van der Waals surface area contributed by atoms with Gasteiger partial charge in [0.2, 0.25) is 0 Å². The first kappa shape index (κ1) is 10.6. The molecular weight excluding hydrogens is 180 g/mol. The summed E-state index contributed by atoms with van der Waals surface area (Å²) in [5, 5.41) is 10.8. The summed E-state index contributed by atoms with van der Waals surface area (Å²) in [6.45, 7) is 4.02. The van der Waals surface area contributed by atoms with Crippen molar-refractivity contribution in [3.8, 4) is 0 Å². The summed E-state index contributed by atoms with van der Waals surface area (Å²) in [6.07, 6.45) is 4.41. The molecule has 0 fully saturated rings. The van der Waals surface area contributed by atoms with Crippen LogP contribution in [0.3, 0.4) is 0 Å². The second-order valence-electron chi connectivity index (χ2n) is 3.12. The molecule has 0 aliphatic rings. The van der Waals surface area contributed by atoms with E-state index in [0.29, 0.717) is 5.69 Å². The first-order chi connectivity index (χ1) is 6.70. The summed E-state index contributed by atoms with van der Waals surface area (Å²) in [4.78, 5) is 18.5. The fraction of sp³-hybridized carbons (Fsp3) is 0.500. The van der Waals surface area contributed by atoms with E-state index < -0.39 is 5.97 Å². The third kappa shape index (κ3) is 2.07. The van der Waals surface area contributed by atoms with Crippen LogP contribution in [0.2, 0.25) is 0 Å². The summed E-state index contributed by atoms with van der Waals surface area (Å²) >= 11 is 0. The van der Waals surface area contributed by atoms with Gasteiger partial charge in [-0.15, -0.1) is 0 Å². The van der Waals surface area contributed by atoms with Crippen molar-refractivity contribution in [1.29, 1.82) is 0 Å². The third-order valence-corrected chi connectivity index (χ3v) is 2.34. The molecule has 76 valence electrons. The van der Waals surface area contributed by atoms with Gasteiger partial charge in [-0.3, -0.25) is 0 Å². The van der Waals surface area contributed by atoms with Crippen molar-refractivity contribution in [3.63, 3.8) is 0 Å². The van der Waals surface area contributed by atoms with Crippen LogP contribution in [-0.4, -0.2) is 15.9 Å². The SMILES string of the molecule is CCC(CC)c1ncncc1C(=O)[O-]. The Morgan fingerprint density at radius 3 is 2.64 bits per heavy atom. The van der Waals surface area contributed by atoms with E-state index in [4.69, 9.17) is 0 Å². The molecule has 4 heteroatoms. The quantitative estimate of drug-likeness (QED) is 0.707. The minimum absolute atomic E-state index is 0.112. The zero-order chi connectivity index (χ0) is 10.6. The Labute approximate surface area is 83.0 Å². The average molecular weight is 193 g/mol. The largest absolute Gasteiger partial charge is 0.545 e. The maximum absolute atomic E-state index is 10.8. The molecule has 14 heavy (non-hydrogen) atoms. The third-order valence-electron chi connectivity index (χ3n) is 2.34. The van der Waals surface area contributed by atoms with Crippen molar-refractivity contribution in [3.05, 3.63) is 23.8 Å². The molecule has 1 aromatic heterocycles. The summed E-state index contributed by atoms with van der Waals surface area (Å²) in [7, 11) is 0. The first-order valence-electron chi connectivity index (χ1n) is 4.71. The number of hydrogen-bond donors (Lipinski definition) is 0. The molecule has 0 amide bonds. The molecule has 0 aromatic carbocycles. The maximum Gasteiger partial charge on any atom is 0.115 e. The normalized spacial score (nSPS) is 10.5. The molecule has 1 heterocycles. The van der Waals surface area contributed by atoms with Gasteiger partial charge in [0.05, 0.1) is 11.7 Å². The monoisotopic (exact) mass is 193 g/mol. The van der Waals surface area contributed by atoms with Gasteiger partial charge in [-0.25, -0.2) is 9.97 Å². The lowest BCUT2D eigenvalue weighted by Gasteiger charge is -2.15. The number of aromatic nitrogens is 2. The van der Waals surface area contributed by atoms with Gasteiger partial charge >= 0.3 is 0 Å². The van der Waals surface area contributed by atoms with E-state index >= 15 is 0 Å². The molecule has 0 spiro atoms. The molecule has 0 unspecified atom stereocenters. The topological polar surface area (TPSA) is 65.9 Å². The lowest BCUT2D eigenvalue weighted by molar-refractivity contribution is -0.255. The molecular formula is C10H13N2O2-. The van der Waals surface area contributed by atoms with Gasteiger partial charge in [0, 0.05) is 17.7 Å². The number of carboxylic acids is 1. The summed E-state index contributed by atoms with van der Waals surface area (Å²) < 4.78 is 0. The number of carbonyl (C=O) groups excluding carboxylic acids is 1. The molecule has 0 saturated carbocycles. The summed E-state index contributed by atoms with van der Waals surface area (Å²) in [5.41, 5.74) is 0.700.